The maximum atomic E-state index is 13.1. The summed E-state index contributed by atoms with van der Waals surface area (Å²) in [6.45, 7) is 0.789. The first kappa shape index (κ1) is 20.8. The number of carbonyl (C=O) groups excluding carboxylic acids is 2. The van der Waals surface area contributed by atoms with Crippen LogP contribution in [-0.4, -0.2) is 38.3 Å². The largest absolute Gasteiger partial charge is 0.435 e. The van der Waals surface area contributed by atoms with Crippen molar-refractivity contribution >= 4 is 11.8 Å². The van der Waals surface area contributed by atoms with Crippen LogP contribution < -0.4 is 16.4 Å². The summed E-state index contributed by atoms with van der Waals surface area (Å²) in [5, 5.41) is 12.7. The minimum Gasteiger partial charge on any atom is -0.370 e. The van der Waals surface area contributed by atoms with Crippen LogP contribution in [0.3, 0.4) is 0 Å². The number of nitrogens with one attached hydrogen (secondary N) is 2. The first-order chi connectivity index (χ1) is 13.6. The molecule has 0 radical (unpaired) electrons. The van der Waals surface area contributed by atoms with Gasteiger partial charge in [0.15, 0.2) is 11.5 Å². The van der Waals surface area contributed by atoms with Gasteiger partial charge in [-0.1, -0.05) is 11.6 Å². The molecule has 29 heavy (non-hydrogen) atoms. The Hall–Kier alpha value is -2.96. The Kier molecular flexibility index (Phi) is 5.86. The monoisotopic (exact) mass is 415 g/mol. The molecule has 158 valence electrons. The molecule has 2 aromatic rings. The van der Waals surface area contributed by atoms with E-state index in [9.17, 15) is 22.8 Å². The van der Waals surface area contributed by atoms with E-state index in [0.717, 1.165) is 36.7 Å². The second kappa shape index (κ2) is 8.19. The van der Waals surface area contributed by atoms with Gasteiger partial charge in [0, 0.05) is 13.2 Å². The summed E-state index contributed by atoms with van der Waals surface area (Å²) < 4.78 is 45.4. The molecule has 10 nitrogen and oxygen atoms in total. The number of nitrogens with zero attached hydrogens (tertiary/aromatic N) is 4. The molecule has 0 aromatic carbocycles. The van der Waals surface area contributed by atoms with Crippen LogP contribution in [0.1, 0.15) is 65.5 Å². The number of primary amides is 1. The van der Waals surface area contributed by atoms with Crippen LogP contribution in [0.25, 0.3) is 0 Å². The van der Waals surface area contributed by atoms with Gasteiger partial charge in [-0.15, -0.1) is 0 Å². The van der Waals surface area contributed by atoms with Gasteiger partial charge in [0.2, 0.25) is 11.8 Å². The van der Waals surface area contributed by atoms with Crippen LogP contribution in [-0.2, 0) is 18.0 Å². The number of hydrogen-bond acceptors (Lipinski definition) is 7. The van der Waals surface area contributed by atoms with Crippen LogP contribution in [0.4, 0.5) is 13.2 Å². The molecule has 3 heterocycles. The van der Waals surface area contributed by atoms with E-state index >= 15 is 0 Å². The first-order valence-electron chi connectivity index (χ1n) is 8.92. The molecule has 1 aliphatic heterocycles. The second-order valence-corrected chi connectivity index (χ2v) is 6.75. The Balaban J connectivity index is 1.82. The molecule has 1 fully saturated rings. The van der Waals surface area contributed by atoms with E-state index in [4.69, 9.17) is 10.3 Å². The van der Waals surface area contributed by atoms with Crippen molar-refractivity contribution in [2.75, 3.05) is 6.54 Å². The lowest BCUT2D eigenvalue weighted by Gasteiger charge is -2.20. The predicted octanol–water partition coefficient (Wildman–Crippen LogP) is 0.983. The Morgan fingerprint density at radius 3 is 2.83 bits per heavy atom. The van der Waals surface area contributed by atoms with Crippen molar-refractivity contribution in [2.45, 2.75) is 43.9 Å². The van der Waals surface area contributed by atoms with E-state index < -0.39 is 41.7 Å². The zero-order valence-electron chi connectivity index (χ0n) is 15.5. The van der Waals surface area contributed by atoms with E-state index in [1.165, 1.54) is 7.05 Å². The Morgan fingerprint density at radius 2 is 2.21 bits per heavy atom. The fourth-order valence-corrected chi connectivity index (χ4v) is 3.10. The highest BCUT2D eigenvalue weighted by Crippen LogP contribution is 2.31. The van der Waals surface area contributed by atoms with Crippen molar-refractivity contribution in [3.63, 3.8) is 0 Å². The van der Waals surface area contributed by atoms with E-state index in [-0.39, 0.29) is 11.9 Å². The Labute approximate surface area is 163 Å². The SMILES string of the molecule is Cn1cc(C(=O)N[C@@H](CC(N)=O)c2nc([C@H]3CCCCN3)no2)c(C(F)(F)F)n1. The first-order valence-corrected chi connectivity index (χ1v) is 8.92. The van der Waals surface area contributed by atoms with Gasteiger partial charge in [0.1, 0.15) is 6.04 Å². The number of amides is 2. The molecule has 4 N–H and O–H groups in total. The average Bonchev–Trinajstić information content (AvgIpc) is 3.28. The van der Waals surface area contributed by atoms with Gasteiger partial charge in [0.25, 0.3) is 5.91 Å². The number of aromatic nitrogens is 4. The van der Waals surface area contributed by atoms with Gasteiger partial charge in [-0.05, 0) is 19.4 Å². The third-order valence-electron chi connectivity index (χ3n) is 4.43. The van der Waals surface area contributed by atoms with Crippen LogP contribution in [0.15, 0.2) is 10.7 Å². The zero-order valence-corrected chi connectivity index (χ0v) is 15.5. The van der Waals surface area contributed by atoms with Crippen molar-refractivity contribution in [3.05, 3.63) is 29.2 Å². The van der Waals surface area contributed by atoms with Crippen LogP contribution in [0.2, 0.25) is 0 Å². The molecule has 0 spiro atoms. The van der Waals surface area contributed by atoms with E-state index in [2.05, 4.69) is 25.9 Å². The fourth-order valence-electron chi connectivity index (χ4n) is 3.10. The third-order valence-corrected chi connectivity index (χ3v) is 4.43. The topological polar surface area (TPSA) is 141 Å². The van der Waals surface area contributed by atoms with Gasteiger partial charge in [-0.25, -0.2) is 0 Å². The number of carbonyl (C=O) groups is 2. The summed E-state index contributed by atoms with van der Waals surface area (Å²) in [6.07, 6.45) is -1.52. The smallest absolute Gasteiger partial charge is 0.370 e. The summed E-state index contributed by atoms with van der Waals surface area (Å²) in [5.41, 5.74) is 3.18. The van der Waals surface area contributed by atoms with E-state index in [0.29, 0.717) is 5.82 Å². The van der Waals surface area contributed by atoms with Crippen LogP contribution in [0, 0.1) is 0 Å². The third kappa shape index (κ3) is 4.91. The Bertz CT molecular complexity index is 887. The number of aryl methyl sites for hydroxylation is 1. The molecule has 1 saturated heterocycles. The number of hydrogen-bond donors (Lipinski definition) is 3. The molecule has 2 amide bonds. The van der Waals surface area contributed by atoms with Gasteiger partial charge >= 0.3 is 6.18 Å². The molecule has 0 aliphatic carbocycles. The number of rotatable bonds is 6. The molecule has 13 heteroatoms. The molecule has 0 saturated carbocycles. The average molecular weight is 415 g/mol. The number of alkyl halides is 3. The molecule has 2 aromatic heterocycles. The summed E-state index contributed by atoms with van der Waals surface area (Å²) >= 11 is 0. The van der Waals surface area contributed by atoms with E-state index in [1.807, 2.05) is 0 Å². The number of halogens is 3. The standard InChI is InChI=1S/C16H20F3N7O3/c1-26-7-8(12(24-26)16(17,18)19)14(28)22-10(6-11(20)27)15-23-13(25-29-15)9-4-2-3-5-21-9/h7,9-10,21H,2-6H2,1H3,(H2,20,27)(H,22,28)/t9-,10+/m1/s1. The molecule has 3 rings (SSSR count). The van der Waals surface area contributed by atoms with E-state index in [1.54, 1.807) is 0 Å². The normalized spacial score (nSPS) is 18.4. The zero-order chi connectivity index (χ0) is 21.2. The maximum absolute atomic E-state index is 13.1. The lowest BCUT2D eigenvalue weighted by atomic mass is 10.0. The quantitative estimate of drug-likeness (QED) is 0.639. The maximum Gasteiger partial charge on any atom is 0.435 e. The van der Waals surface area contributed by atoms with Crippen molar-refractivity contribution < 1.29 is 27.3 Å². The van der Waals surface area contributed by atoms with Gasteiger partial charge < -0.3 is 20.9 Å². The van der Waals surface area contributed by atoms with Gasteiger partial charge in [-0.2, -0.15) is 23.3 Å². The van der Waals surface area contributed by atoms with Gasteiger partial charge in [0.05, 0.1) is 18.0 Å². The highest BCUT2D eigenvalue weighted by Gasteiger charge is 2.39. The second-order valence-electron chi connectivity index (χ2n) is 6.75. The lowest BCUT2D eigenvalue weighted by molar-refractivity contribution is -0.141. The van der Waals surface area contributed by atoms with Crippen molar-refractivity contribution in [3.8, 4) is 0 Å². The molecular weight excluding hydrogens is 395 g/mol. The predicted molar refractivity (Wildman–Crippen MR) is 91.1 cm³/mol. The van der Waals surface area contributed by atoms with Gasteiger partial charge in [-0.3, -0.25) is 14.3 Å². The number of piperidine rings is 1. The van der Waals surface area contributed by atoms with Crippen molar-refractivity contribution in [2.24, 2.45) is 12.8 Å². The summed E-state index contributed by atoms with van der Waals surface area (Å²) in [5.74, 6) is -1.65. The number of nitrogens with two attached hydrogens (primary N) is 1. The molecule has 0 bridgehead atoms. The lowest BCUT2D eigenvalue weighted by Crippen LogP contribution is -2.33. The Morgan fingerprint density at radius 1 is 1.45 bits per heavy atom. The van der Waals surface area contributed by atoms with Crippen molar-refractivity contribution in [1.82, 2.24) is 30.6 Å². The summed E-state index contributed by atoms with van der Waals surface area (Å²) in [7, 11) is 1.26. The summed E-state index contributed by atoms with van der Waals surface area (Å²) in [4.78, 5) is 28.1. The minimum atomic E-state index is -4.82. The highest BCUT2D eigenvalue weighted by atomic mass is 19.4. The molecular formula is C16H20F3N7O3. The van der Waals surface area contributed by atoms with Crippen molar-refractivity contribution in [1.29, 1.82) is 0 Å². The summed E-state index contributed by atoms with van der Waals surface area (Å²) in [6, 6.07) is -1.31. The minimum absolute atomic E-state index is 0.114. The highest BCUT2D eigenvalue weighted by molar-refractivity contribution is 5.95. The van der Waals surface area contributed by atoms with Crippen LogP contribution >= 0.6 is 0 Å². The molecule has 1 aliphatic rings. The van der Waals surface area contributed by atoms with Crippen LogP contribution in [0.5, 0.6) is 0 Å². The fraction of sp³-hybridized carbons (Fsp3) is 0.562. The molecule has 0 unspecified atom stereocenters. The molecule has 2 atom stereocenters.